The summed E-state index contributed by atoms with van der Waals surface area (Å²) in [6.45, 7) is 2.97. The van der Waals surface area contributed by atoms with Crippen molar-refractivity contribution in [1.82, 2.24) is 14.7 Å². The molecule has 1 fully saturated rings. The molecule has 2 N–H and O–H groups in total. The van der Waals surface area contributed by atoms with E-state index in [1.807, 2.05) is 24.3 Å². The van der Waals surface area contributed by atoms with Gasteiger partial charge in [0, 0.05) is 38.8 Å². The van der Waals surface area contributed by atoms with Crippen LogP contribution in [0.3, 0.4) is 0 Å². The molecule has 8 nitrogen and oxygen atoms in total. The third kappa shape index (κ3) is 6.11. The number of carbonyl (C=O) groups is 1. The molecule has 0 aliphatic carbocycles. The van der Waals surface area contributed by atoms with Gasteiger partial charge in [0.05, 0.1) is 18.1 Å². The van der Waals surface area contributed by atoms with Crippen molar-refractivity contribution in [3.63, 3.8) is 0 Å². The Balaban J connectivity index is 1.56. The van der Waals surface area contributed by atoms with Crippen molar-refractivity contribution in [1.29, 1.82) is 0 Å². The monoisotopic (exact) mass is 447 g/mol. The lowest BCUT2D eigenvalue weighted by atomic mass is 10.1. The first kappa shape index (κ1) is 23.4. The number of amides is 1. The zero-order valence-electron chi connectivity index (χ0n) is 17.8. The SMILES string of the molecule is CON(C)S(=O)(=O)c1cccc(C(=O)NCc2ccc(CN3CCC(O)CC3)cc2)c1. The van der Waals surface area contributed by atoms with E-state index >= 15 is 0 Å². The summed E-state index contributed by atoms with van der Waals surface area (Å²) in [5.74, 6) is -0.354. The van der Waals surface area contributed by atoms with Gasteiger partial charge in [-0.3, -0.25) is 14.5 Å². The van der Waals surface area contributed by atoms with Crippen LogP contribution < -0.4 is 5.32 Å². The van der Waals surface area contributed by atoms with Crippen LogP contribution in [0.1, 0.15) is 34.3 Å². The van der Waals surface area contributed by atoms with Crippen molar-refractivity contribution in [2.45, 2.75) is 36.9 Å². The molecule has 1 aliphatic heterocycles. The van der Waals surface area contributed by atoms with Crippen molar-refractivity contribution in [3.05, 3.63) is 65.2 Å². The number of aliphatic hydroxyl groups is 1. The maximum atomic E-state index is 12.5. The summed E-state index contributed by atoms with van der Waals surface area (Å²) in [6, 6.07) is 13.9. The molecule has 0 spiro atoms. The van der Waals surface area contributed by atoms with Crippen LogP contribution in [0.25, 0.3) is 0 Å². The maximum Gasteiger partial charge on any atom is 0.264 e. The summed E-state index contributed by atoms with van der Waals surface area (Å²) in [5.41, 5.74) is 2.40. The van der Waals surface area contributed by atoms with Gasteiger partial charge in [0.2, 0.25) is 0 Å². The third-order valence-electron chi connectivity index (χ3n) is 5.43. The fraction of sp³-hybridized carbons (Fsp3) is 0.409. The number of likely N-dealkylation sites (tertiary alicyclic amines) is 1. The molecular weight excluding hydrogens is 418 g/mol. The van der Waals surface area contributed by atoms with Crippen molar-refractivity contribution in [3.8, 4) is 0 Å². The van der Waals surface area contributed by atoms with Crippen LogP contribution in [0, 0.1) is 0 Å². The minimum absolute atomic E-state index is 0.0147. The van der Waals surface area contributed by atoms with Gasteiger partial charge in [-0.05, 0) is 42.2 Å². The minimum atomic E-state index is -3.82. The molecule has 168 valence electrons. The second kappa shape index (κ2) is 10.3. The standard InChI is InChI=1S/C22H29N3O5S/c1-24(30-2)31(28,29)21-5-3-4-19(14-21)22(27)23-15-17-6-8-18(9-7-17)16-25-12-10-20(26)11-13-25/h3-9,14,20,26H,10-13,15-16H2,1-2H3,(H,23,27). The number of nitrogens with one attached hydrogen (secondary N) is 1. The Morgan fingerprint density at radius 2 is 1.81 bits per heavy atom. The molecule has 0 radical (unpaired) electrons. The topological polar surface area (TPSA) is 99.2 Å². The van der Waals surface area contributed by atoms with Crippen LogP contribution in [-0.2, 0) is 28.0 Å². The average molecular weight is 448 g/mol. The van der Waals surface area contributed by atoms with E-state index in [0.717, 1.165) is 42.5 Å². The van der Waals surface area contributed by atoms with E-state index in [1.165, 1.54) is 37.9 Å². The average Bonchev–Trinajstić information content (AvgIpc) is 2.79. The molecule has 0 atom stereocenters. The van der Waals surface area contributed by atoms with Gasteiger partial charge in [0.15, 0.2) is 0 Å². The first-order valence-corrected chi connectivity index (χ1v) is 11.6. The molecule has 1 amide bonds. The molecule has 0 unspecified atom stereocenters. The molecule has 0 aromatic heterocycles. The molecule has 1 saturated heterocycles. The fourth-order valence-electron chi connectivity index (χ4n) is 3.43. The first-order valence-electron chi connectivity index (χ1n) is 10.2. The Hall–Kier alpha value is -2.30. The zero-order chi connectivity index (χ0) is 22.4. The number of hydroxylamine groups is 1. The molecule has 2 aromatic rings. The summed E-state index contributed by atoms with van der Waals surface area (Å²) >= 11 is 0. The highest BCUT2D eigenvalue weighted by molar-refractivity contribution is 7.89. The Morgan fingerprint density at radius 3 is 2.45 bits per heavy atom. The van der Waals surface area contributed by atoms with Crippen molar-refractivity contribution in [2.75, 3.05) is 27.2 Å². The van der Waals surface area contributed by atoms with E-state index in [-0.39, 0.29) is 22.5 Å². The van der Waals surface area contributed by atoms with E-state index in [2.05, 4.69) is 10.2 Å². The van der Waals surface area contributed by atoms with Gasteiger partial charge in [-0.25, -0.2) is 8.42 Å². The molecule has 3 rings (SSSR count). The highest BCUT2D eigenvalue weighted by atomic mass is 32.2. The predicted molar refractivity (Wildman–Crippen MR) is 117 cm³/mol. The van der Waals surface area contributed by atoms with Crippen LogP contribution in [0.15, 0.2) is 53.4 Å². The lowest BCUT2D eigenvalue weighted by Gasteiger charge is -2.29. The number of hydrogen-bond donors (Lipinski definition) is 2. The molecule has 0 saturated carbocycles. The van der Waals surface area contributed by atoms with Crippen LogP contribution >= 0.6 is 0 Å². The number of aliphatic hydroxyl groups excluding tert-OH is 1. The predicted octanol–water partition coefficient (Wildman–Crippen LogP) is 1.76. The van der Waals surface area contributed by atoms with Crippen LogP contribution in [0.5, 0.6) is 0 Å². The molecule has 1 heterocycles. The van der Waals surface area contributed by atoms with Crippen molar-refractivity contribution >= 4 is 15.9 Å². The van der Waals surface area contributed by atoms with Crippen LogP contribution in [0.2, 0.25) is 0 Å². The Bertz CT molecular complexity index is 986. The molecule has 1 aliphatic rings. The number of piperidine rings is 1. The molecule has 0 bridgehead atoms. The van der Waals surface area contributed by atoms with E-state index < -0.39 is 10.0 Å². The van der Waals surface area contributed by atoms with Gasteiger partial charge in [-0.15, -0.1) is 0 Å². The summed E-state index contributed by atoms with van der Waals surface area (Å²) in [7, 11) is -1.27. The van der Waals surface area contributed by atoms with E-state index in [0.29, 0.717) is 6.54 Å². The Kier molecular flexibility index (Phi) is 7.79. The number of sulfonamides is 1. The molecule has 9 heteroatoms. The normalized spacial score (nSPS) is 15.9. The van der Waals surface area contributed by atoms with Crippen molar-refractivity contribution in [2.24, 2.45) is 0 Å². The number of nitrogens with zero attached hydrogens (tertiary/aromatic N) is 2. The second-order valence-corrected chi connectivity index (χ2v) is 9.57. The number of rotatable bonds is 8. The molecular formula is C22H29N3O5S. The van der Waals surface area contributed by atoms with Gasteiger partial charge < -0.3 is 10.4 Å². The number of hydrogen-bond acceptors (Lipinski definition) is 6. The quantitative estimate of drug-likeness (QED) is 0.599. The summed E-state index contributed by atoms with van der Waals surface area (Å²) < 4.78 is 25.5. The van der Waals surface area contributed by atoms with Gasteiger partial charge >= 0.3 is 0 Å². The van der Waals surface area contributed by atoms with E-state index in [9.17, 15) is 18.3 Å². The van der Waals surface area contributed by atoms with Crippen LogP contribution in [-0.4, -0.2) is 62.2 Å². The lowest BCUT2D eigenvalue weighted by Crippen LogP contribution is -2.35. The summed E-state index contributed by atoms with van der Waals surface area (Å²) in [6.07, 6.45) is 1.45. The fourth-order valence-corrected chi connectivity index (χ4v) is 4.45. The highest BCUT2D eigenvalue weighted by Gasteiger charge is 2.22. The molecule has 2 aromatic carbocycles. The summed E-state index contributed by atoms with van der Waals surface area (Å²) in [4.78, 5) is 19.6. The number of benzene rings is 2. The van der Waals surface area contributed by atoms with Crippen LogP contribution in [0.4, 0.5) is 0 Å². The lowest BCUT2D eigenvalue weighted by molar-refractivity contribution is -0.0258. The zero-order valence-corrected chi connectivity index (χ0v) is 18.6. The first-order chi connectivity index (χ1) is 14.8. The smallest absolute Gasteiger partial charge is 0.264 e. The third-order valence-corrected chi connectivity index (χ3v) is 7.10. The van der Waals surface area contributed by atoms with Crippen molar-refractivity contribution < 1.29 is 23.2 Å². The van der Waals surface area contributed by atoms with Gasteiger partial charge in [-0.2, -0.15) is 0 Å². The second-order valence-electron chi connectivity index (χ2n) is 7.63. The van der Waals surface area contributed by atoms with E-state index in [4.69, 9.17) is 4.84 Å². The van der Waals surface area contributed by atoms with Gasteiger partial charge in [-0.1, -0.05) is 34.8 Å². The highest BCUT2D eigenvalue weighted by Crippen LogP contribution is 2.17. The largest absolute Gasteiger partial charge is 0.393 e. The number of carbonyl (C=O) groups excluding carboxylic acids is 1. The van der Waals surface area contributed by atoms with Gasteiger partial charge in [0.1, 0.15) is 0 Å². The van der Waals surface area contributed by atoms with E-state index in [1.54, 1.807) is 6.07 Å². The minimum Gasteiger partial charge on any atom is -0.393 e. The maximum absolute atomic E-state index is 12.5. The summed E-state index contributed by atoms with van der Waals surface area (Å²) in [5, 5.41) is 12.4. The Labute approximate surface area is 183 Å². The van der Waals surface area contributed by atoms with Gasteiger partial charge in [0.25, 0.3) is 15.9 Å². The molecule has 31 heavy (non-hydrogen) atoms. The Morgan fingerprint density at radius 1 is 1.16 bits per heavy atom.